The summed E-state index contributed by atoms with van der Waals surface area (Å²) < 4.78 is 0. The first-order valence-corrected chi connectivity index (χ1v) is 6.90. The van der Waals surface area contributed by atoms with E-state index in [1.54, 1.807) is 4.90 Å². The van der Waals surface area contributed by atoms with Gasteiger partial charge in [-0.3, -0.25) is 9.59 Å². The lowest BCUT2D eigenvalue weighted by molar-refractivity contribution is -0.141. The molecule has 0 spiro atoms. The third kappa shape index (κ3) is 5.57. The summed E-state index contributed by atoms with van der Waals surface area (Å²) in [6.45, 7) is 3.61. The van der Waals surface area contributed by atoms with Gasteiger partial charge in [0.05, 0.1) is 6.61 Å². The fourth-order valence-corrected chi connectivity index (χ4v) is 2.59. The Balaban J connectivity index is 2.60. The van der Waals surface area contributed by atoms with Gasteiger partial charge in [-0.05, 0) is 18.8 Å². The number of aliphatic carboxylic acids is 1. The molecule has 1 rings (SSSR count). The van der Waals surface area contributed by atoms with Gasteiger partial charge in [0.15, 0.2) is 0 Å². The lowest BCUT2D eigenvalue weighted by Gasteiger charge is -2.38. The minimum atomic E-state index is -0.823. The first-order valence-electron chi connectivity index (χ1n) is 6.90. The van der Waals surface area contributed by atoms with Gasteiger partial charge in [0, 0.05) is 38.5 Å². The molecule has 1 aliphatic heterocycles. The number of carboxylic acids is 1. The first-order chi connectivity index (χ1) is 9.06. The number of rotatable bonds is 7. The van der Waals surface area contributed by atoms with Crippen molar-refractivity contribution in [3.63, 3.8) is 0 Å². The maximum Gasteiger partial charge on any atom is 0.303 e. The lowest BCUT2D eigenvalue weighted by Crippen LogP contribution is -2.52. The normalized spacial score (nSPS) is 23.4. The van der Waals surface area contributed by atoms with E-state index in [4.69, 9.17) is 10.2 Å². The van der Waals surface area contributed by atoms with Crippen molar-refractivity contribution in [1.29, 1.82) is 0 Å². The van der Waals surface area contributed by atoms with Crippen molar-refractivity contribution >= 4 is 11.9 Å². The molecule has 6 heteroatoms. The Kier molecular flexibility index (Phi) is 6.80. The van der Waals surface area contributed by atoms with Crippen LogP contribution in [0, 0.1) is 5.92 Å². The maximum absolute atomic E-state index is 12.0. The molecule has 0 aromatic rings. The summed E-state index contributed by atoms with van der Waals surface area (Å²) in [7, 11) is 0. The van der Waals surface area contributed by atoms with Gasteiger partial charge in [0.2, 0.25) is 5.91 Å². The van der Waals surface area contributed by atoms with Crippen molar-refractivity contribution in [3.8, 4) is 0 Å². The predicted molar refractivity (Wildman–Crippen MR) is 70.7 cm³/mol. The molecular weight excluding hydrogens is 248 g/mol. The minimum Gasteiger partial charge on any atom is -0.481 e. The van der Waals surface area contributed by atoms with Crippen LogP contribution in [0.2, 0.25) is 0 Å². The Labute approximate surface area is 113 Å². The molecule has 110 valence electrons. The fourth-order valence-electron chi connectivity index (χ4n) is 2.59. The van der Waals surface area contributed by atoms with Gasteiger partial charge in [-0.25, -0.2) is 0 Å². The molecular formula is C13H24N2O4. The molecule has 2 atom stereocenters. The second-order valence-corrected chi connectivity index (χ2v) is 5.12. The quantitative estimate of drug-likeness (QED) is 0.610. The van der Waals surface area contributed by atoms with E-state index in [1.807, 2.05) is 6.92 Å². The number of aliphatic hydroxyl groups excluding tert-OH is 1. The van der Waals surface area contributed by atoms with Gasteiger partial charge in [0.25, 0.3) is 0 Å². The summed E-state index contributed by atoms with van der Waals surface area (Å²) in [5, 5.41) is 20.9. The number of hydrogen-bond donors (Lipinski definition) is 3. The summed E-state index contributed by atoms with van der Waals surface area (Å²) >= 11 is 0. The highest BCUT2D eigenvalue weighted by molar-refractivity contribution is 5.76. The summed E-state index contributed by atoms with van der Waals surface area (Å²) in [5.41, 5.74) is 0. The molecule has 1 saturated heterocycles. The van der Waals surface area contributed by atoms with Crippen molar-refractivity contribution in [2.24, 2.45) is 5.92 Å². The number of likely N-dealkylation sites (tertiary alicyclic amines) is 1. The number of amides is 1. The summed E-state index contributed by atoms with van der Waals surface area (Å²) in [6, 6.07) is 0.0751. The van der Waals surface area contributed by atoms with Gasteiger partial charge < -0.3 is 20.4 Å². The molecule has 0 radical (unpaired) electrons. The van der Waals surface area contributed by atoms with E-state index in [9.17, 15) is 9.59 Å². The molecule has 1 aliphatic rings. The second-order valence-electron chi connectivity index (χ2n) is 5.12. The Morgan fingerprint density at radius 2 is 2.11 bits per heavy atom. The highest BCUT2D eigenvalue weighted by Crippen LogP contribution is 2.21. The van der Waals surface area contributed by atoms with Crippen molar-refractivity contribution in [3.05, 3.63) is 0 Å². The Bertz CT molecular complexity index is 309. The molecule has 0 aliphatic carbocycles. The molecule has 19 heavy (non-hydrogen) atoms. The fraction of sp³-hybridized carbons (Fsp3) is 0.846. The summed E-state index contributed by atoms with van der Waals surface area (Å²) in [6.07, 6.45) is 2.13. The zero-order chi connectivity index (χ0) is 14.3. The van der Waals surface area contributed by atoms with Crippen molar-refractivity contribution in [2.45, 2.75) is 38.6 Å². The van der Waals surface area contributed by atoms with E-state index >= 15 is 0 Å². The van der Waals surface area contributed by atoms with Crippen molar-refractivity contribution < 1.29 is 19.8 Å². The van der Waals surface area contributed by atoms with Crippen LogP contribution in [0.4, 0.5) is 0 Å². The third-order valence-electron chi connectivity index (χ3n) is 3.36. The van der Waals surface area contributed by atoms with Crippen LogP contribution < -0.4 is 5.32 Å². The maximum atomic E-state index is 12.0. The molecule has 3 N–H and O–H groups in total. The average molecular weight is 272 g/mol. The molecule has 1 fully saturated rings. The van der Waals surface area contributed by atoms with E-state index in [-0.39, 0.29) is 30.9 Å². The van der Waals surface area contributed by atoms with E-state index in [0.29, 0.717) is 26.1 Å². The largest absolute Gasteiger partial charge is 0.481 e. The third-order valence-corrected chi connectivity index (χ3v) is 3.36. The van der Waals surface area contributed by atoms with Gasteiger partial charge in [-0.1, -0.05) is 6.92 Å². The van der Waals surface area contributed by atoms with Crippen LogP contribution in [-0.2, 0) is 9.59 Å². The SMILES string of the molecule is CCCC(=O)N1CC(CC(=O)O)CC(NCCO)C1. The predicted octanol–water partition coefficient (Wildman–Crippen LogP) is 0.0602. The highest BCUT2D eigenvalue weighted by atomic mass is 16.4. The van der Waals surface area contributed by atoms with Crippen LogP contribution >= 0.6 is 0 Å². The second kappa shape index (κ2) is 8.12. The first kappa shape index (κ1) is 15.9. The molecule has 1 amide bonds. The molecule has 2 unspecified atom stereocenters. The molecule has 0 bridgehead atoms. The zero-order valence-electron chi connectivity index (χ0n) is 11.5. The number of aliphatic hydroxyl groups is 1. The molecule has 0 aromatic heterocycles. The number of carbonyl (C=O) groups is 2. The molecule has 1 heterocycles. The van der Waals surface area contributed by atoms with Crippen LogP contribution in [-0.4, -0.2) is 59.3 Å². The number of nitrogens with zero attached hydrogens (tertiary/aromatic N) is 1. The van der Waals surface area contributed by atoms with Crippen molar-refractivity contribution in [2.75, 3.05) is 26.2 Å². The lowest BCUT2D eigenvalue weighted by atomic mass is 9.91. The van der Waals surface area contributed by atoms with Crippen LogP contribution in [0.3, 0.4) is 0 Å². The van der Waals surface area contributed by atoms with Crippen LogP contribution in [0.15, 0.2) is 0 Å². The van der Waals surface area contributed by atoms with Crippen molar-refractivity contribution in [1.82, 2.24) is 10.2 Å². The highest BCUT2D eigenvalue weighted by Gasteiger charge is 2.30. The monoisotopic (exact) mass is 272 g/mol. The number of hydrogen-bond acceptors (Lipinski definition) is 4. The Hall–Kier alpha value is -1.14. The smallest absolute Gasteiger partial charge is 0.303 e. The zero-order valence-corrected chi connectivity index (χ0v) is 11.5. The standard InChI is InChI=1S/C13H24N2O4/c1-2-3-12(17)15-8-10(7-13(18)19)6-11(9-15)14-4-5-16/h10-11,14,16H,2-9H2,1H3,(H,18,19). The molecule has 0 saturated carbocycles. The van der Waals surface area contributed by atoms with Gasteiger partial charge in [0.1, 0.15) is 0 Å². The number of nitrogens with one attached hydrogen (secondary N) is 1. The number of carboxylic acid groups (broad SMARTS) is 1. The van der Waals surface area contributed by atoms with E-state index in [2.05, 4.69) is 5.32 Å². The minimum absolute atomic E-state index is 0.0109. The van der Waals surface area contributed by atoms with E-state index in [1.165, 1.54) is 0 Å². The van der Waals surface area contributed by atoms with Crippen LogP contribution in [0.25, 0.3) is 0 Å². The van der Waals surface area contributed by atoms with E-state index < -0.39 is 5.97 Å². The summed E-state index contributed by atoms with van der Waals surface area (Å²) in [5.74, 6) is -0.743. The summed E-state index contributed by atoms with van der Waals surface area (Å²) in [4.78, 5) is 24.5. The van der Waals surface area contributed by atoms with Crippen LogP contribution in [0.1, 0.15) is 32.6 Å². The number of carbonyl (C=O) groups excluding carboxylic acids is 1. The topological polar surface area (TPSA) is 89.9 Å². The molecule has 6 nitrogen and oxygen atoms in total. The van der Waals surface area contributed by atoms with Gasteiger partial charge >= 0.3 is 5.97 Å². The molecule has 0 aromatic carbocycles. The Morgan fingerprint density at radius 1 is 1.37 bits per heavy atom. The average Bonchev–Trinajstić information content (AvgIpc) is 2.35. The van der Waals surface area contributed by atoms with Crippen LogP contribution in [0.5, 0.6) is 0 Å². The Morgan fingerprint density at radius 3 is 2.68 bits per heavy atom. The van der Waals surface area contributed by atoms with Gasteiger partial charge in [-0.15, -0.1) is 0 Å². The van der Waals surface area contributed by atoms with Gasteiger partial charge in [-0.2, -0.15) is 0 Å². The number of piperidine rings is 1. The van der Waals surface area contributed by atoms with E-state index in [0.717, 1.165) is 12.8 Å².